The largest absolute Gasteiger partial charge is 0.468 e. The molecular formula is C18H21NO3S. The minimum atomic E-state index is -0.486. The van der Waals surface area contributed by atoms with Crippen LogP contribution in [0.1, 0.15) is 65.1 Å². The van der Waals surface area contributed by atoms with E-state index >= 15 is 0 Å². The first-order valence-corrected chi connectivity index (χ1v) is 9.22. The van der Waals surface area contributed by atoms with Gasteiger partial charge >= 0.3 is 0 Å². The molecule has 1 amide bonds. The Balaban J connectivity index is 1.48. The van der Waals surface area contributed by atoms with Crippen LogP contribution in [0.15, 0.2) is 34.3 Å². The fraction of sp³-hybridized carbons (Fsp3) is 0.500. The first-order chi connectivity index (χ1) is 11.2. The SMILES string of the molecule is O=C(c1ccoc1C1CC1)N1CCCC1CC(O)c1cccs1. The van der Waals surface area contributed by atoms with Crippen molar-refractivity contribution < 1.29 is 14.3 Å². The molecule has 1 aliphatic heterocycles. The van der Waals surface area contributed by atoms with Crippen LogP contribution in [0.3, 0.4) is 0 Å². The first-order valence-electron chi connectivity index (χ1n) is 8.34. The third-order valence-corrected chi connectivity index (χ3v) is 5.85. The van der Waals surface area contributed by atoms with Gasteiger partial charge in [-0.3, -0.25) is 4.79 Å². The lowest BCUT2D eigenvalue weighted by atomic mass is 10.0. The summed E-state index contributed by atoms with van der Waals surface area (Å²) in [5.41, 5.74) is 0.727. The molecule has 4 nitrogen and oxygen atoms in total. The maximum absolute atomic E-state index is 12.9. The molecule has 3 heterocycles. The molecule has 2 fully saturated rings. The van der Waals surface area contributed by atoms with Gasteiger partial charge in [-0.2, -0.15) is 0 Å². The standard InChI is InChI=1S/C18H21NO3S/c20-15(16-4-2-10-23-16)11-13-3-1-8-19(13)18(21)14-7-9-22-17(14)12-5-6-12/h2,4,7,9-10,12-13,15,20H,1,3,5-6,8,11H2. The number of hydrogen-bond acceptors (Lipinski definition) is 4. The molecule has 0 aromatic carbocycles. The molecule has 0 spiro atoms. The number of rotatable bonds is 5. The van der Waals surface area contributed by atoms with E-state index in [0.717, 1.165) is 48.4 Å². The lowest BCUT2D eigenvalue weighted by Crippen LogP contribution is -2.36. The van der Waals surface area contributed by atoms with Crippen LogP contribution in [0.25, 0.3) is 0 Å². The fourth-order valence-electron chi connectivity index (χ4n) is 3.52. The Morgan fingerprint density at radius 2 is 2.26 bits per heavy atom. The van der Waals surface area contributed by atoms with Crippen molar-refractivity contribution in [2.75, 3.05) is 6.54 Å². The van der Waals surface area contributed by atoms with Gasteiger partial charge in [0.25, 0.3) is 5.91 Å². The van der Waals surface area contributed by atoms with Crippen molar-refractivity contribution in [1.82, 2.24) is 4.90 Å². The number of hydrogen-bond donors (Lipinski definition) is 1. The van der Waals surface area contributed by atoms with Crippen molar-refractivity contribution in [2.45, 2.75) is 50.2 Å². The quantitative estimate of drug-likeness (QED) is 0.902. The highest BCUT2D eigenvalue weighted by Gasteiger charge is 2.36. The van der Waals surface area contributed by atoms with Crippen LogP contribution in [0.5, 0.6) is 0 Å². The van der Waals surface area contributed by atoms with Gasteiger partial charge in [-0.1, -0.05) is 6.07 Å². The van der Waals surface area contributed by atoms with Crippen LogP contribution in [0, 0.1) is 0 Å². The second-order valence-corrected chi connectivity index (χ2v) is 7.51. The summed E-state index contributed by atoms with van der Waals surface area (Å²) in [6, 6.07) is 5.83. The fourth-order valence-corrected chi connectivity index (χ4v) is 4.24. The number of furan rings is 1. The Morgan fingerprint density at radius 1 is 1.39 bits per heavy atom. The number of amides is 1. The molecular weight excluding hydrogens is 310 g/mol. The van der Waals surface area contributed by atoms with Crippen molar-refractivity contribution in [1.29, 1.82) is 0 Å². The van der Waals surface area contributed by atoms with E-state index in [9.17, 15) is 9.90 Å². The average Bonchev–Trinajstić information content (AvgIpc) is 3.03. The van der Waals surface area contributed by atoms with Gasteiger partial charge in [0.15, 0.2) is 0 Å². The van der Waals surface area contributed by atoms with E-state index in [1.54, 1.807) is 23.7 Å². The maximum atomic E-state index is 12.9. The molecule has 2 unspecified atom stereocenters. The number of nitrogens with zero attached hydrogens (tertiary/aromatic N) is 1. The highest BCUT2D eigenvalue weighted by atomic mass is 32.1. The van der Waals surface area contributed by atoms with E-state index in [1.807, 2.05) is 22.4 Å². The van der Waals surface area contributed by atoms with E-state index < -0.39 is 6.10 Å². The van der Waals surface area contributed by atoms with Gasteiger partial charge in [0, 0.05) is 23.4 Å². The molecule has 23 heavy (non-hydrogen) atoms. The molecule has 2 aromatic rings. The van der Waals surface area contributed by atoms with Crippen molar-refractivity contribution in [3.8, 4) is 0 Å². The first kappa shape index (κ1) is 15.0. The topological polar surface area (TPSA) is 53.7 Å². The molecule has 0 radical (unpaired) electrons. The Hall–Kier alpha value is -1.59. The smallest absolute Gasteiger partial charge is 0.257 e. The molecule has 1 N–H and O–H groups in total. The lowest BCUT2D eigenvalue weighted by Gasteiger charge is -2.26. The van der Waals surface area contributed by atoms with E-state index in [1.165, 1.54) is 0 Å². The van der Waals surface area contributed by atoms with Gasteiger partial charge in [0.2, 0.25) is 0 Å². The van der Waals surface area contributed by atoms with Gasteiger partial charge in [0.1, 0.15) is 5.76 Å². The monoisotopic (exact) mass is 331 g/mol. The van der Waals surface area contributed by atoms with Gasteiger partial charge in [0.05, 0.1) is 17.9 Å². The highest BCUT2D eigenvalue weighted by Crippen LogP contribution is 2.42. The third kappa shape index (κ3) is 2.95. The van der Waals surface area contributed by atoms with Gasteiger partial charge in [-0.05, 0) is 49.6 Å². The second kappa shape index (κ2) is 6.13. The summed E-state index contributed by atoms with van der Waals surface area (Å²) in [7, 11) is 0. The Labute approximate surface area is 139 Å². The minimum absolute atomic E-state index is 0.0709. The van der Waals surface area contributed by atoms with Crippen molar-refractivity contribution in [2.24, 2.45) is 0 Å². The van der Waals surface area contributed by atoms with Crippen molar-refractivity contribution in [3.05, 3.63) is 46.0 Å². The van der Waals surface area contributed by atoms with E-state index in [4.69, 9.17) is 4.42 Å². The zero-order valence-corrected chi connectivity index (χ0v) is 13.8. The molecule has 1 saturated carbocycles. The zero-order chi connectivity index (χ0) is 15.8. The van der Waals surface area contributed by atoms with Gasteiger partial charge < -0.3 is 14.4 Å². The molecule has 0 bridgehead atoms. The van der Waals surface area contributed by atoms with Gasteiger partial charge in [-0.25, -0.2) is 0 Å². The summed E-state index contributed by atoms with van der Waals surface area (Å²) >= 11 is 1.57. The Bertz CT molecular complexity index is 674. The Morgan fingerprint density at radius 3 is 3.00 bits per heavy atom. The average molecular weight is 331 g/mol. The summed E-state index contributed by atoms with van der Waals surface area (Å²) in [4.78, 5) is 15.8. The van der Waals surface area contributed by atoms with Crippen LogP contribution < -0.4 is 0 Å². The van der Waals surface area contributed by atoms with Crippen molar-refractivity contribution >= 4 is 17.2 Å². The molecule has 2 aliphatic rings. The van der Waals surface area contributed by atoms with Crippen LogP contribution in [-0.2, 0) is 0 Å². The maximum Gasteiger partial charge on any atom is 0.257 e. The van der Waals surface area contributed by atoms with Crippen LogP contribution >= 0.6 is 11.3 Å². The normalized spacial score (nSPS) is 22.5. The molecule has 122 valence electrons. The second-order valence-electron chi connectivity index (χ2n) is 6.53. The van der Waals surface area contributed by atoms with Crippen LogP contribution in [0.4, 0.5) is 0 Å². The Kier molecular flexibility index (Phi) is 3.99. The molecule has 2 aromatic heterocycles. The van der Waals surface area contributed by atoms with Crippen LogP contribution in [-0.4, -0.2) is 28.5 Å². The number of likely N-dealkylation sites (tertiary alicyclic amines) is 1. The number of carbonyl (C=O) groups is 1. The summed E-state index contributed by atoms with van der Waals surface area (Å²) in [6.07, 6.45) is 5.97. The zero-order valence-electron chi connectivity index (χ0n) is 13.0. The number of thiophene rings is 1. The minimum Gasteiger partial charge on any atom is -0.468 e. The number of aliphatic hydroxyl groups excluding tert-OH is 1. The molecule has 4 rings (SSSR count). The molecule has 1 saturated heterocycles. The van der Waals surface area contributed by atoms with Gasteiger partial charge in [-0.15, -0.1) is 11.3 Å². The van der Waals surface area contributed by atoms with Crippen molar-refractivity contribution in [3.63, 3.8) is 0 Å². The molecule has 1 aliphatic carbocycles. The summed E-state index contributed by atoms with van der Waals surface area (Å²) in [6.45, 7) is 0.774. The predicted molar refractivity (Wildman–Crippen MR) is 88.6 cm³/mol. The third-order valence-electron chi connectivity index (χ3n) is 4.88. The molecule has 2 atom stereocenters. The number of carbonyl (C=O) groups excluding carboxylic acids is 1. The van der Waals surface area contributed by atoms with E-state index in [0.29, 0.717) is 12.3 Å². The number of aliphatic hydroxyl groups is 1. The highest BCUT2D eigenvalue weighted by molar-refractivity contribution is 7.10. The summed E-state index contributed by atoms with van der Waals surface area (Å²) in [5, 5.41) is 12.4. The van der Waals surface area contributed by atoms with Crippen LogP contribution in [0.2, 0.25) is 0 Å². The lowest BCUT2D eigenvalue weighted by molar-refractivity contribution is 0.0668. The predicted octanol–water partition coefficient (Wildman–Crippen LogP) is 3.95. The van der Waals surface area contributed by atoms with E-state index in [2.05, 4.69) is 0 Å². The molecule has 5 heteroatoms. The summed E-state index contributed by atoms with van der Waals surface area (Å²) in [5.74, 6) is 1.36. The van der Waals surface area contributed by atoms with E-state index in [-0.39, 0.29) is 11.9 Å². The summed E-state index contributed by atoms with van der Waals surface area (Å²) < 4.78 is 5.55.